The molecule has 1 aliphatic heterocycles. The molecular weight excluding hydrogens is 464 g/mol. The van der Waals surface area contributed by atoms with Crippen LogP contribution in [-0.2, 0) is 29.1 Å². The van der Waals surface area contributed by atoms with Gasteiger partial charge in [0.15, 0.2) is 0 Å². The van der Waals surface area contributed by atoms with E-state index in [-0.39, 0.29) is 18.4 Å². The maximum atomic E-state index is 13.9. The van der Waals surface area contributed by atoms with Crippen molar-refractivity contribution in [2.24, 2.45) is 16.7 Å². The number of halogens is 2. The van der Waals surface area contributed by atoms with Crippen LogP contribution in [0.5, 0.6) is 0 Å². The standard InChI is InChI=1S/C28H31F2N3O3/c1-27(2)18(6-8-28(27,3)26(35)36)13-24(34)32-10-7-21-22-5-4-9-31-25(22)33(23(21)16-32)15-17-11-19(29)14-20(30)12-17/h4-5,9,11-12,14,18H,6-8,10,13,15-16H2,1-3H3,(H,35,36)/t18?,28-/m0/s1. The fourth-order valence-electron chi connectivity index (χ4n) is 6.20. The van der Waals surface area contributed by atoms with E-state index in [1.54, 1.807) is 13.1 Å². The average molecular weight is 496 g/mol. The highest BCUT2D eigenvalue weighted by molar-refractivity contribution is 5.84. The van der Waals surface area contributed by atoms with E-state index in [0.717, 1.165) is 28.4 Å². The predicted octanol–water partition coefficient (Wildman–Crippen LogP) is 5.16. The van der Waals surface area contributed by atoms with Crippen molar-refractivity contribution in [2.45, 2.75) is 59.5 Å². The number of aliphatic carboxylic acids is 1. The number of hydrogen-bond acceptors (Lipinski definition) is 3. The number of amides is 1. The molecule has 0 radical (unpaired) electrons. The molecule has 36 heavy (non-hydrogen) atoms. The molecule has 0 bridgehead atoms. The zero-order valence-electron chi connectivity index (χ0n) is 20.9. The molecule has 3 aromatic rings. The molecule has 1 unspecified atom stereocenters. The lowest BCUT2D eigenvalue weighted by molar-refractivity contribution is -0.155. The van der Waals surface area contributed by atoms with Gasteiger partial charge in [-0.05, 0) is 72.9 Å². The SMILES string of the molecule is CC1(C)C(CC(=O)N2CCc3c(n(Cc4cc(F)cc(F)c4)c4ncccc34)C2)CC[C@@]1(C)C(=O)O. The van der Waals surface area contributed by atoms with E-state index in [1.165, 1.54) is 12.1 Å². The van der Waals surface area contributed by atoms with Gasteiger partial charge in [-0.1, -0.05) is 13.8 Å². The van der Waals surface area contributed by atoms with Crippen LogP contribution in [-0.4, -0.2) is 38.0 Å². The van der Waals surface area contributed by atoms with E-state index < -0.39 is 28.4 Å². The average Bonchev–Trinajstić information content (AvgIpc) is 3.25. The number of carbonyl (C=O) groups excluding carboxylic acids is 1. The molecule has 8 heteroatoms. The molecule has 1 saturated carbocycles. The third kappa shape index (κ3) is 3.87. The van der Waals surface area contributed by atoms with Gasteiger partial charge in [-0.25, -0.2) is 13.8 Å². The second-order valence-corrected chi connectivity index (χ2v) is 11.0. The van der Waals surface area contributed by atoms with Crippen LogP contribution in [0, 0.1) is 28.4 Å². The zero-order valence-corrected chi connectivity index (χ0v) is 20.9. The number of rotatable bonds is 5. The normalized spacial score (nSPS) is 23.1. The van der Waals surface area contributed by atoms with Gasteiger partial charge in [0.05, 0.1) is 12.0 Å². The lowest BCUT2D eigenvalue weighted by Crippen LogP contribution is -2.43. The van der Waals surface area contributed by atoms with Gasteiger partial charge in [-0.2, -0.15) is 0 Å². The Morgan fingerprint density at radius 2 is 1.89 bits per heavy atom. The van der Waals surface area contributed by atoms with Crippen LogP contribution in [0.4, 0.5) is 8.78 Å². The molecule has 1 aliphatic carbocycles. The molecular formula is C28H31F2N3O3. The molecule has 1 fully saturated rings. The number of pyridine rings is 1. The van der Waals surface area contributed by atoms with Gasteiger partial charge in [0.1, 0.15) is 17.3 Å². The summed E-state index contributed by atoms with van der Waals surface area (Å²) in [5, 5.41) is 10.8. The smallest absolute Gasteiger partial charge is 0.309 e. The molecule has 2 atom stereocenters. The molecule has 0 spiro atoms. The Hall–Kier alpha value is -3.29. The summed E-state index contributed by atoms with van der Waals surface area (Å²) < 4.78 is 29.7. The second kappa shape index (κ2) is 8.68. The van der Waals surface area contributed by atoms with E-state index in [4.69, 9.17) is 0 Å². The molecule has 2 aliphatic rings. The first-order valence-electron chi connectivity index (χ1n) is 12.4. The van der Waals surface area contributed by atoms with Gasteiger partial charge in [0.2, 0.25) is 5.91 Å². The van der Waals surface area contributed by atoms with Gasteiger partial charge in [-0.3, -0.25) is 9.59 Å². The zero-order chi connectivity index (χ0) is 25.8. The Morgan fingerprint density at radius 3 is 2.56 bits per heavy atom. The predicted molar refractivity (Wildman–Crippen MR) is 131 cm³/mol. The van der Waals surface area contributed by atoms with Crippen LogP contribution in [0.1, 0.15) is 56.9 Å². The van der Waals surface area contributed by atoms with Crippen LogP contribution < -0.4 is 0 Å². The third-order valence-electron chi connectivity index (χ3n) is 8.96. The highest BCUT2D eigenvalue weighted by Gasteiger charge is 2.56. The number of carboxylic acid groups (broad SMARTS) is 1. The van der Waals surface area contributed by atoms with Crippen LogP contribution in [0.2, 0.25) is 0 Å². The van der Waals surface area contributed by atoms with Crippen molar-refractivity contribution in [3.8, 4) is 0 Å². The Kier molecular flexibility index (Phi) is 5.88. The van der Waals surface area contributed by atoms with E-state index in [0.29, 0.717) is 44.3 Å². The monoisotopic (exact) mass is 495 g/mol. The van der Waals surface area contributed by atoms with Crippen molar-refractivity contribution in [1.29, 1.82) is 0 Å². The summed E-state index contributed by atoms with van der Waals surface area (Å²) in [5.41, 5.74) is 1.89. The first-order chi connectivity index (χ1) is 17.0. The van der Waals surface area contributed by atoms with E-state index >= 15 is 0 Å². The topological polar surface area (TPSA) is 75.4 Å². The summed E-state index contributed by atoms with van der Waals surface area (Å²) in [6.07, 6.45) is 3.92. The maximum Gasteiger partial charge on any atom is 0.309 e. The lowest BCUT2D eigenvalue weighted by atomic mass is 9.65. The number of carboxylic acids is 1. The minimum Gasteiger partial charge on any atom is -0.481 e. The van der Waals surface area contributed by atoms with Gasteiger partial charge in [0, 0.05) is 42.9 Å². The minimum absolute atomic E-state index is 0.00919. The van der Waals surface area contributed by atoms with Gasteiger partial charge < -0.3 is 14.6 Å². The first-order valence-corrected chi connectivity index (χ1v) is 12.4. The highest BCUT2D eigenvalue weighted by atomic mass is 19.1. The second-order valence-electron chi connectivity index (χ2n) is 11.0. The molecule has 190 valence electrons. The summed E-state index contributed by atoms with van der Waals surface area (Å²) in [7, 11) is 0. The van der Waals surface area contributed by atoms with Crippen LogP contribution in [0.25, 0.3) is 11.0 Å². The molecule has 1 aromatic carbocycles. The van der Waals surface area contributed by atoms with Crippen LogP contribution in [0.15, 0.2) is 36.5 Å². The molecule has 1 amide bonds. The third-order valence-corrected chi connectivity index (χ3v) is 8.96. The number of benzene rings is 1. The fourth-order valence-corrected chi connectivity index (χ4v) is 6.20. The van der Waals surface area contributed by atoms with E-state index in [9.17, 15) is 23.5 Å². The van der Waals surface area contributed by atoms with Gasteiger partial charge >= 0.3 is 5.97 Å². The minimum atomic E-state index is -0.856. The van der Waals surface area contributed by atoms with Gasteiger partial charge in [0.25, 0.3) is 0 Å². The summed E-state index contributed by atoms with van der Waals surface area (Å²) in [4.78, 5) is 31.8. The van der Waals surface area contributed by atoms with Crippen LogP contribution in [0.3, 0.4) is 0 Å². The Bertz CT molecular complexity index is 1350. The quantitative estimate of drug-likeness (QED) is 0.530. The molecule has 2 aromatic heterocycles. The first kappa shape index (κ1) is 24.4. The van der Waals surface area contributed by atoms with Crippen molar-refractivity contribution >= 4 is 22.9 Å². The molecule has 6 nitrogen and oxygen atoms in total. The van der Waals surface area contributed by atoms with E-state index in [2.05, 4.69) is 4.98 Å². The Morgan fingerprint density at radius 1 is 1.17 bits per heavy atom. The van der Waals surface area contributed by atoms with E-state index in [1.807, 2.05) is 35.4 Å². The number of fused-ring (bicyclic) bond motifs is 3. The Labute approximate surface area is 208 Å². The largest absolute Gasteiger partial charge is 0.481 e. The fraction of sp³-hybridized carbons (Fsp3) is 0.464. The van der Waals surface area contributed by atoms with Gasteiger partial charge in [-0.15, -0.1) is 0 Å². The van der Waals surface area contributed by atoms with Crippen molar-refractivity contribution in [3.05, 3.63) is 65.0 Å². The lowest BCUT2D eigenvalue weighted by Gasteiger charge is -2.39. The molecule has 3 heterocycles. The van der Waals surface area contributed by atoms with Crippen molar-refractivity contribution in [2.75, 3.05) is 6.54 Å². The van der Waals surface area contributed by atoms with Crippen molar-refractivity contribution < 1.29 is 23.5 Å². The number of aromatic nitrogens is 2. The molecule has 5 rings (SSSR count). The summed E-state index contributed by atoms with van der Waals surface area (Å²) in [5.74, 6) is -2.08. The maximum absolute atomic E-state index is 13.9. The summed E-state index contributed by atoms with van der Waals surface area (Å²) >= 11 is 0. The van der Waals surface area contributed by atoms with Crippen LogP contribution >= 0.6 is 0 Å². The molecule has 0 saturated heterocycles. The van der Waals surface area contributed by atoms with Crippen molar-refractivity contribution in [3.63, 3.8) is 0 Å². The number of hydrogen-bond donors (Lipinski definition) is 1. The number of carbonyl (C=O) groups is 2. The highest BCUT2D eigenvalue weighted by Crippen LogP contribution is 2.57. The number of nitrogens with zero attached hydrogens (tertiary/aromatic N) is 3. The Balaban J connectivity index is 1.42. The summed E-state index contributed by atoms with van der Waals surface area (Å²) in [6.45, 7) is 6.90. The van der Waals surface area contributed by atoms with Crippen molar-refractivity contribution in [1.82, 2.24) is 14.5 Å². The summed E-state index contributed by atoms with van der Waals surface area (Å²) in [6, 6.07) is 7.35. The molecule has 1 N–H and O–H groups in total.